The van der Waals surface area contributed by atoms with Crippen molar-refractivity contribution in [3.8, 4) is 0 Å². The zero-order chi connectivity index (χ0) is 3.58. The minimum Gasteiger partial charge on any atom is -0.565 e. The summed E-state index contributed by atoms with van der Waals surface area (Å²) in [6, 6.07) is 0. The van der Waals surface area contributed by atoms with Crippen molar-refractivity contribution >= 4 is 18.6 Å². The van der Waals surface area contributed by atoms with E-state index < -0.39 is 6.16 Å². The fraction of sp³-hybridized carbons (Fsp3) is 0. The summed E-state index contributed by atoms with van der Waals surface area (Å²) in [5, 5.41) is 15.3. The summed E-state index contributed by atoms with van der Waals surface area (Å²) in [6.07, 6.45) is -2.08. The molecule has 0 fully saturated rings. The number of hydrogen-bond acceptors (Lipinski definition) is 3. The molecule has 0 bridgehead atoms. The third-order valence-corrected chi connectivity index (χ3v) is 0. The molecule has 7 heavy (non-hydrogen) atoms. The van der Waals surface area contributed by atoms with Crippen molar-refractivity contribution in [3.63, 3.8) is 0 Å². The molecular weight excluding hydrogens is 242 g/mol. The van der Waals surface area contributed by atoms with Crippen molar-refractivity contribution in [1.29, 1.82) is 0 Å². The first-order valence-corrected chi connectivity index (χ1v) is 0.632. The van der Waals surface area contributed by atoms with Gasteiger partial charge in [-0.1, -0.05) is 0 Å². The molecule has 4 nitrogen and oxygen atoms in total. The number of halogens is 1. The topological polar surface area (TPSA) is 95.4 Å². The maximum absolute atomic E-state index is 8.44. The average molecular weight is 247 g/mol. The zero-order valence-electron chi connectivity index (χ0n) is 3.88. The third kappa shape index (κ3) is 95.1. The van der Waals surface area contributed by atoms with E-state index in [1.165, 1.54) is 0 Å². The molecule has 0 radical (unpaired) electrons. The van der Waals surface area contributed by atoms with Crippen molar-refractivity contribution in [1.82, 2.24) is 6.15 Å². The standard InChI is InChI=1S/CH2O3.ClH.Cs.H3N/c2-1(3)4;;;/h(H2,2,3,4);1H;;1H3/q;;+1;/p-1. The Morgan fingerprint density at radius 2 is 1.57 bits per heavy atom. The van der Waals surface area contributed by atoms with Crippen LogP contribution in [0.15, 0.2) is 0 Å². The van der Waals surface area contributed by atoms with Gasteiger partial charge < -0.3 is 21.2 Å². The maximum Gasteiger partial charge on any atom is 1.00 e. The Morgan fingerprint density at radius 3 is 1.57 bits per heavy atom. The Hall–Kier alpha value is 1.57. The molecule has 0 spiro atoms. The van der Waals surface area contributed by atoms with E-state index in [9.17, 15) is 0 Å². The second-order valence-electron chi connectivity index (χ2n) is 0.266. The monoisotopic (exact) mass is 247 g/mol. The van der Waals surface area contributed by atoms with Crippen LogP contribution in [0.4, 0.5) is 4.79 Å². The average Bonchev–Trinajstić information content (AvgIpc) is 0.811. The Labute approximate surface area is 106 Å². The van der Waals surface area contributed by atoms with E-state index in [0.29, 0.717) is 0 Å². The van der Waals surface area contributed by atoms with E-state index in [-0.39, 0.29) is 87.5 Å². The molecule has 0 aromatic heterocycles. The summed E-state index contributed by atoms with van der Waals surface area (Å²) in [5.41, 5.74) is 0. The summed E-state index contributed by atoms with van der Waals surface area (Å²) in [4.78, 5) is 8.44. The second-order valence-corrected chi connectivity index (χ2v) is 0.266. The van der Waals surface area contributed by atoms with E-state index >= 15 is 0 Å². The largest absolute Gasteiger partial charge is 1.00 e. The molecule has 6 heteroatoms. The minimum absolute atomic E-state index is 0. The molecular formula is CH5ClCsNO3. The maximum atomic E-state index is 8.44. The van der Waals surface area contributed by atoms with Gasteiger partial charge in [0.25, 0.3) is 0 Å². The van der Waals surface area contributed by atoms with Gasteiger partial charge in [0.15, 0.2) is 0 Å². The Morgan fingerprint density at radius 1 is 1.57 bits per heavy atom. The second kappa shape index (κ2) is 15.6. The van der Waals surface area contributed by atoms with Crippen molar-refractivity contribution in [3.05, 3.63) is 0 Å². The van der Waals surface area contributed by atoms with Crippen LogP contribution in [0.5, 0.6) is 0 Å². The molecule has 0 aromatic rings. The fourth-order valence-corrected chi connectivity index (χ4v) is 0. The van der Waals surface area contributed by atoms with Crippen LogP contribution in [0.2, 0.25) is 0 Å². The smallest absolute Gasteiger partial charge is 0.565 e. The number of carbonyl (C=O) groups is 1. The summed E-state index contributed by atoms with van der Waals surface area (Å²) < 4.78 is 0. The van der Waals surface area contributed by atoms with E-state index in [1.807, 2.05) is 0 Å². The summed E-state index contributed by atoms with van der Waals surface area (Å²) in [5.74, 6) is 0. The molecule has 0 amide bonds. The molecule has 0 rings (SSSR count). The van der Waals surface area contributed by atoms with Gasteiger partial charge in [-0.15, -0.1) is 12.4 Å². The van der Waals surface area contributed by atoms with Crippen LogP contribution in [0.1, 0.15) is 0 Å². The van der Waals surface area contributed by atoms with Gasteiger partial charge in [0, 0.05) is 0 Å². The van der Waals surface area contributed by atoms with Crippen LogP contribution >= 0.6 is 12.4 Å². The van der Waals surface area contributed by atoms with Crippen molar-refractivity contribution in [2.75, 3.05) is 0 Å². The van der Waals surface area contributed by atoms with Crippen LogP contribution in [0.3, 0.4) is 0 Å². The van der Waals surface area contributed by atoms with Gasteiger partial charge in [-0.3, -0.25) is 0 Å². The van der Waals surface area contributed by atoms with Crippen LogP contribution < -0.4 is 80.2 Å². The summed E-state index contributed by atoms with van der Waals surface area (Å²) >= 11 is 0. The summed E-state index contributed by atoms with van der Waals surface area (Å²) in [7, 11) is 0. The van der Waals surface area contributed by atoms with Gasteiger partial charge in [-0.05, 0) is 0 Å². The van der Waals surface area contributed by atoms with Gasteiger partial charge >= 0.3 is 68.9 Å². The quantitative estimate of drug-likeness (QED) is 0.464. The molecule has 0 aromatic carbocycles. The molecule has 0 saturated carbocycles. The number of rotatable bonds is 0. The minimum atomic E-state index is -2.08. The molecule has 0 aliphatic carbocycles. The van der Waals surface area contributed by atoms with Crippen LogP contribution in [0, 0.1) is 0 Å². The van der Waals surface area contributed by atoms with Crippen LogP contribution in [-0.4, -0.2) is 11.3 Å². The van der Waals surface area contributed by atoms with Gasteiger partial charge in [0.2, 0.25) is 6.16 Å². The SMILES string of the molecule is Cl.N.O=C([O-])O.[Cs+]. The zero-order valence-corrected chi connectivity index (χ0v) is 11.0. The van der Waals surface area contributed by atoms with Crippen molar-refractivity contribution in [2.45, 2.75) is 0 Å². The van der Waals surface area contributed by atoms with E-state index in [2.05, 4.69) is 0 Å². The normalized spacial score (nSPS) is 3.43. The molecule has 40 valence electrons. The Balaban J connectivity index is -0.0000000150. The number of carboxylic acid groups (broad SMARTS) is 2. The molecule has 0 saturated heterocycles. The van der Waals surface area contributed by atoms with E-state index in [0.717, 1.165) is 0 Å². The molecule has 0 unspecified atom stereocenters. The fourth-order valence-electron chi connectivity index (χ4n) is 0. The van der Waals surface area contributed by atoms with E-state index in [4.69, 9.17) is 15.0 Å². The van der Waals surface area contributed by atoms with E-state index in [1.54, 1.807) is 0 Å². The Kier molecular flexibility index (Phi) is 52.6. The number of hydrogen-bond donors (Lipinski definition) is 2. The van der Waals surface area contributed by atoms with Crippen molar-refractivity contribution < 1.29 is 83.9 Å². The molecule has 0 aliphatic rings. The molecule has 0 heterocycles. The van der Waals surface area contributed by atoms with Gasteiger partial charge in [-0.2, -0.15) is 0 Å². The molecule has 0 aliphatic heterocycles. The van der Waals surface area contributed by atoms with Crippen molar-refractivity contribution in [2.24, 2.45) is 0 Å². The first kappa shape index (κ1) is 23.5. The third-order valence-electron chi connectivity index (χ3n) is 0. The Bertz CT molecular complexity index is 37.9. The molecule has 4 N–H and O–H groups in total. The predicted molar refractivity (Wildman–Crippen MR) is 20.3 cm³/mol. The predicted octanol–water partition coefficient (Wildman–Crippen LogP) is -3.52. The first-order valence-electron chi connectivity index (χ1n) is 0.632. The van der Waals surface area contributed by atoms with Gasteiger partial charge in [-0.25, -0.2) is 0 Å². The van der Waals surface area contributed by atoms with Crippen LogP contribution in [0.25, 0.3) is 0 Å². The van der Waals surface area contributed by atoms with Gasteiger partial charge in [0.05, 0.1) is 0 Å². The van der Waals surface area contributed by atoms with Gasteiger partial charge in [0.1, 0.15) is 0 Å². The first-order chi connectivity index (χ1) is 1.73. The molecule has 0 atom stereocenters. The summed E-state index contributed by atoms with van der Waals surface area (Å²) in [6.45, 7) is 0. The van der Waals surface area contributed by atoms with Crippen LogP contribution in [-0.2, 0) is 0 Å².